The molecule has 9 nitrogen and oxygen atoms in total. The standard InChI is InChI=1S/C30H33N5O4/c1-37-25-16-23(17-26(38-2)28(25)39-3)33-30-31-14-13-27(34-30)35-15-7-11-22(19-35)29(36)32-18-21-10-6-9-20-8-4-5-12-24(20)21/h4-6,8-10,12-14,16-17,22H,7,11,15,18-19H2,1-3H3,(H,32,36)(H,31,33,34)/t22-/m0/s1. The average molecular weight is 528 g/mol. The van der Waals surface area contributed by atoms with Crippen molar-refractivity contribution < 1.29 is 19.0 Å². The quantitative estimate of drug-likeness (QED) is 0.316. The van der Waals surface area contributed by atoms with Crippen LogP contribution in [-0.2, 0) is 11.3 Å². The lowest BCUT2D eigenvalue weighted by Crippen LogP contribution is -2.43. The highest BCUT2D eigenvalue weighted by Crippen LogP contribution is 2.40. The number of piperidine rings is 1. The molecule has 4 aromatic rings. The molecule has 1 atom stereocenters. The van der Waals surface area contributed by atoms with Gasteiger partial charge < -0.3 is 29.7 Å². The average Bonchev–Trinajstić information content (AvgIpc) is 2.99. The van der Waals surface area contributed by atoms with Crippen LogP contribution in [-0.4, -0.2) is 50.3 Å². The Bertz CT molecular complexity index is 1430. The minimum Gasteiger partial charge on any atom is -0.493 e. The number of amides is 1. The fourth-order valence-corrected chi connectivity index (χ4v) is 5.04. The Morgan fingerprint density at radius 3 is 2.54 bits per heavy atom. The number of aromatic nitrogens is 2. The monoisotopic (exact) mass is 527 g/mol. The van der Waals surface area contributed by atoms with Crippen molar-refractivity contribution in [3.8, 4) is 17.2 Å². The van der Waals surface area contributed by atoms with Gasteiger partial charge in [0.15, 0.2) is 11.5 Å². The van der Waals surface area contributed by atoms with Crippen molar-refractivity contribution in [3.63, 3.8) is 0 Å². The molecule has 0 aliphatic carbocycles. The van der Waals surface area contributed by atoms with E-state index in [1.165, 1.54) is 10.8 Å². The van der Waals surface area contributed by atoms with Gasteiger partial charge in [0.05, 0.1) is 27.2 Å². The molecule has 0 spiro atoms. The number of ether oxygens (including phenoxy) is 3. The second-order valence-corrected chi connectivity index (χ2v) is 9.42. The fourth-order valence-electron chi connectivity index (χ4n) is 5.04. The van der Waals surface area contributed by atoms with Gasteiger partial charge in [-0.15, -0.1) is 0 Å². The van der Waals surface area contributed by atoms with Crippen LogP contribution in [0.15, 0.2) is 66.9 Å². The summed E-state index contributed by atoms with van der Waals surface area (Å²) in [6.07, 6.45) is 3.47. The van der Waals surface area contributed by atoms with Crippen molar-refractivity contribution in [2.75, 3.05) is 44.6 Å². The Kier molecular flexibility index (Phi) is 7.96. The van der Waals surface area contributed by atoms with E-state index in [9.17, 15) is 4.79 Å². The first kappa shape index (κ1) is 26.1. The molecule has 5 rings (SSSR count). The Morgan fingerprint density at radius 2 is 1.77 bits per heavy atom. The third-order valence-corrected chi connectivity index (χ3v) is 7.01. The van der Waals surface area contributed by atoms with Crippen LogP contribution in [0.3, 0.4) is 0 Å². The molecule has 39 heavy (non-hydrogen) atoms. The number of benzene rings is 3. The molecule has 1 saturated heterocycles. The topological polar surface area (TPSA) is 97.8 Å². The number of rotatable bonds is 9. The molecular weight excluding hydrogens is 494 g/mol. The zero-order valence-corrected chi connectivity index (χ0v) is 22.4. The maximum atomic E-state index is 13.1. The summed E-state index contributed by atoms with van der Waals surface area (Å²) in [5, 5.41) is 8.73. The van der Waals surface area contributed by atoms with Crippen LogP contribution in [0.2, 0.25) is 0 Å². The molecule has 2 heterocycles. The fraction of sp³-hybridized carbons (Fsp3) is 0.300. The van der Waals surface area contributed by atoms with Crippen LogP contribution < -0.4 is 29.7 Å². The summed E-state index contributed by atoms with van der Waals surface area (Å²) in [6.45, 7) is 1.93. The van der Waals surface area contributed by atoms with E-state index in [1.807, 2.05) is 24.3 Å². The number of fused-ring (bicyclic) bond motifs is 1. The van der Waals surface area contributed by atoms with Crippen molar-refractivity contribution >= 4 is 34.1 Å². The highest BCUT2D eigenvalue weighted by atomic mass is 16.5. The van der Waals surface area contributed by atoms with Gasteiger partial charge in [-0.3, -0.25) is 4.79 Å². The van der Waals surface area contributed by atoms with Gasteiger partial charge in [0, 0.05) is 43.7 Å². The van der Waals surface area contributed by atoms with Crippen LogP contribution in [0.4, 0.5) is 17.5 Å². The van der Waals surface area contributed by atoms with E-state index in [0.29, 0.717) is 42.0 Å². The highest BCUT2D eigenvalue weighted by molar-refractivity contribution is 5.86. The number of methoxy groups -OCH3 is 3. The second kappa shape index (κ2) is 11.9. The lowest BCUT2D eigenvalue weighted by Gasteiger charge is -2.33. The van der Waals surface area contributed by atoms with Crippen LogP contribution in [0.25, 0.3) is 10.8 Å². The molecule has 3 aromatic carbocycles. The summed E-state index contributed by atoms with van der Waals surface area (Å²) in [5.74, 6) is 2.73. The summed E-state index contributed by atoms with van der Waals surface area (Å²) >= 11 is 0. The Balaban J connectivity index is 1.25. The number of anilines is 3. The molecule has 0 unspecified atom stereocenters. The minimum atomic E-state index is -0.116. The van der Waals surface area contributed by atoms with E-state index in [1.54, 1.807) is 39.7 Å². The smallest absolute Gasteiger partial charge is 0.229 e. The molecule has 1 fully saturated rings. The van der Waals surface area contributed by atoms with Crippen molar-refractivity contribution in [3.05, 3.63) is 72.4 Å². The van der Waals surface area contributed by atoms with E-state index >= 15 is 0 Å². The highest BCUT2D eigenvalue weighted by Gasteiger charge is 2.27. The van der Waals surface area contributed by atoms with Gasteiger partial charge in [0.1, 0.15) is 5.82 Å². The largest absolute Gasteiger partial charge is 0.493 e. The summed E-state index contributed by atoms with van der Waals surface area (Å²) in [6, 6.07) is 19.9. The Morgan fingerprint density at radius 1 is 1.00 bits per heavy atom. The third kappa shape index (κ3) is 5.82. The first-order valence-corrected chi connectivity index (χ1v) is 13.0. The Hall–Kier alpha value is -4.53. The molecule has 202 valence electrons. The molecule has 1 amide bonds. The molecule has 0 bridgehead atoms. The number of nitrogens with one attached hydrogen (secondary N) is 2. The van der Waals surface area contributed by atoms with Gasteiger partial charge in [-0.2, -0.15) is 4.98 Å². The zero-order valence-electron chi connectivity index (χ0n) is 22.4. The van der Waals surface area contributed by atoms with Crippen LogP contribution in [0, 0.1) is 5.92 Å². The van der Waals surface area contributed by atoms with Crippen molar-refractivity contribution in [2.24, 2.45) is 5.92 Å². The minimum absolute atomic E-state index is 0.0671. The molecule has 9 heteroatoms. The predicted molar refractivity (Wildman–Crippen MR) is 152 cm³/mol. The molecular formula is C30H33N5O4. The summed E-state index contributed by atoms with van der Waals surface area (Å²) < 4.78 is 16.3. The lowest BCUT2D eigenvalue weighted by atomic mass is 9.97. The first-order valence-electron chi connectivity index (χ1n) is 13.0. The SMILES string of the molecule is COc1cc(Nc2nccc(N3CCC[C@H](C(=O)NCc4cccc5ccccc45)C3)n2)cc(OC)c1OC. The summed E-state index contributed by atoms with van der Waals surface area (Å²) in [5.41, 5.74) is 1.82. The Labute approximate surface area is 228 Å². The number of nitrogens with zero attached hydrogens (tertiary/aromatic N) is 3. The summed E-state index contributed by atoms with van der Waals surface area (Å²) in [4.78, 5) is 24.4. The van der Waals surface area contributed by atoms with Crippen molar-refractivity contribution in [1.29, 1.82) is 0 Å². The normalized spacial score (nSPS) is 15.1. The molecule has 0 radical (unpaired) electrons. The van der Waals surface area contributed by atoms with Gasteiger partial charge >= 0.3 is 0 Å². The molecule has 0 saturated carbocycles. The number of carbonyl (C=O) groups excluding carboxylic acids is 1. The van der Waals surface area contributed by atoms with Gasteiger partial charge in [0.2, 0.25) is 17.6 Å². The lowest BCUT2D eigenvalue weighted by molar-refractivity contribution is -0.125. The molecule has 1 aliphatic rings. The van der Waals surface area contributed by atoms with E-state index in [2.05, 4.69) is 44.8 Å². The molecule has 1 aromatic heterocycles. The van der Waals surface area contributed by atoms with Gasteiger partial charge in [-0.25, -0.2) is 4.98 Å². The predicted octanol–water partition coefficient (Wildman–Crippen LogP) is 4.93. The van der Waals surface area contributed by atoms with Crippen molar-refractivity contribution in [1.82, 2.24) is 15.3 Å². The first-order chi connectivity index (χ1) is 19.1. The second-order valence-electron chi connectivity index (χ2n) is 9.42. The molecule has 2 N–H and O–H groups in total. The van der Waals surface area contributed by atoms with Crippen LogP contribution in [0.1, 0.15) is 18.4 Å². The van der Waals surface area contributed by atoms with E-state index in [-0.39, 0.29) is 11.8 Å². The molecule has 1 aliphatic heterocycles. The maximum Gasteiger partial charge on any atom is 0.229 e. The maximum absolute atomic E-state index is 13.1. The van der Waals surface area contributed by atoms with Gasteiger partial charge in [-0.05, 0) is 35.2 Å². The van der Waals surface area contributed by atoms with Crippen molar-refractivity contribution in [2.45, 2.75) is 19.4 Å². The van der Waals surface area contributed by atoms with Crippen LogP contribution >= 0.6 is 0 Å². The van der Waals surface area contributed by atoms with Crippen LogP contribution in [0.5, 0.6) is 17.2 Å². The number of hydrogen-bond donors (Lipinski definition) is 2. The van der Waals surface area contributed by atoms with E-state index in [0.717, 1.165) is 30.8 Å². The number of carbonyl (C=O) groups is 1. The summed E-state index contributed by atoms with van der Waals surface area (Å²) in [7, 11) is 4.71. The number of hydrogen-bond acceptors (Lipinski definition) is 8. The van der Waals surface area contributed by atoms with Gasteiger partial charge in [0.25, 0.3) is 0 Å². The van der Waals surface area contributed by atoms with E-state index in [4.69, 9.17) is 19.2 Å². The van der Waals surface area contributed by atoms with E-state index < -0.39 is 0 Å². The van der Waals surface area contributed by atoms with Gasteiger partial charge in [-0.1, -0.05) is 42.5 Å². The zero-order chi connectivity index (χ0) is 27.2. The third-order valence-electron chi connectivity index (χ3n) is 7.01.